The number of hydrogen-bond acceptors (Lipinski definition) is 2. The van der Waals surface area contributed by atoms with Crippen LogP contribution in [0.25, 0.3) is 0 Å². The molecule has 0 fully saturated rings. The number of benzene rings is 1. The summed E-state index contributed by atoms with van der Waals surface area (Å²) >= 11 is 0. The molecule has 0 spiro atoms. The van der Waals surface area contributed by atoms with Crippen LogP contribution in [0.1, 0.15) is 45.1 Å². The molecule has 1 rings (SSSR count). The van der Waals surface area contributed by atoms with Crippen molar-refractivity contribution in [1.82, 2.24) is 4.90 Å². The summed E-state index contributed by atoms with van der Waals surface area (Å²) < 4.78 is 0. The predicted molar refractivity (Wildman–Crippen MR) is 78.6 cm³/mol. The van der Waals surface area contributed by atoms with Gasteiger partial charge in [0.15, 0.2) is 0 Å². The summed E-state index contributed by atoms with van der Waals surface area (Å²) in [5.41, 5.74) is 1.20. The van der Waals surface area contributed by atoms with Gasteiger partial charge in [-0.2, -0.15) is 0 Å². The van der Waals surface area contributed by atoms with Crippen molar-refractivity contribution in [3.63, 3.8) is 0 Å². The van der Waals surface area contributed by atoms with Crippen molar-refractivity contribution in [2.45, 2.75) is 45.6 Å². The fourth-order valence-corrected chi connectivity index (χ4v) is 2.14. The van der Waals surface area contributed by atoms with Gasteiger partial charge in [0.1, 0.15) is 6.54 Å². The number of carboxylic acid groups (broad SMARTS) is 1. The minimum atomic E-state index is -0.969. The highest BCUT2D eigenvalue weighted by Gasteiger charge is 2.20. The molecule has 0 aliphatic heterocycles. The zero-order chi connectivity index (χ0) is 15.1. The van der Waals surface area contributed by atoms with Gasteiger partial charge in [-0.25, -0.2) is 0 Å². The molecule has 0 saturated heterocycles. The summed E-state index contributed by atoms with van der Waals surface area (Å²) in [6.07, 6.45) is 1.10. The molecule has 0 aliphatic carbocycles. The van der Waals surface area contributed by atoms with Crippen LogP contribution in [-0.4, -0.2) is 34.5 Å². The Hall–Kier alpha value is -1.84. The number of carboxylic acids is 1. The molecule has 0 bridgehead atoms. The molecule has 4 heteroatoms. The van der Waals surface area contributed by atoms with E-state index in [1.807, 2.05) is 44.2 Å². The number of nitrogens with zero attached hydrogens (tertiary/aromatic N) is 1. The van der Waals surface area contributed by atoms with E-state index in [2.05, 4.69) is 6.92 Å². The topological polar surface area (TPSA) is 57.6 Å². The molecule has 1 unspecified atom stereocenters. The Kier molecular flexibility index (Phi) is 6.22. The van der Waals surface area contributed by atoms with Gasteiger partial charge in [-0.1, -0.05) is 37.3 Å². The van der Waals surface area contributed by atoms with Crippen LogP contribution in [-0.2, 0) is 9.59 Å². The maximum Gasteiger partial charge on any atom is 0.323 e. The Labute approximate surface area is 120 Å². The van der Waals surface area contributed by atoms with E-state index in [-0.39, 0.29) is 18.5 Å². The first-order valence-corrected chi connectivity index (χ1v) is 6.98. The van der Waals surface area contributed by atoms with E-state index in [1.54, 1.807) is 0 Å². The third-order valence-electron chi connectivity index (χ3n) is 3.41. The number of aliphatic carboxylic acids is 1. The zero-order valence-corrected chi connectivity index (χ0v) is 12.4. The molecule has 1 N–H and O–H groups in total. The van der Waals surface area contributed by atoms with Gasteiger partial charge in [-0.15, -0.1) is 0 Å². The summed E-state index contributed by atoms with van der Waals surface area (Å²) in [4.78, 5) is 24.3. The SMILES string of the molecule is CC(CCC(=O)N(CC(=O)O)C(C)C)c1ccccc1. The Morgan fingerprint density at radius 3 is 2.25 bits per heavy atom. The fraction of sp³-hybridized carbons (Fsp3) is 0.500. The first kappa shape index (κ1) is 16.2. The van der Waals surface area contributed by atoms with Crippen molar-refractivity contribution >= 4 is 11.9 Å². The van der Waals surface area contributed by atoms with Crippen molar-refractivity contribution in [2.75, 3.05) is 6.54 Å². The van der Waals surface area contributed by atoms with Gasteiger partial charge in [0.05, 0.1) is 0 Å². The lowest BCUT2D eigenvalue weighted by Crippen LogP contribution is -2.40. The third kappa shape index (κ3) is 5.03. The van der Waals surface area contributed by atoms with Crippen molar-refractivity contribution < 1.29 is 14.7 Å². The first-order valence-electron chi connectivity index (χ1n) is 6.98. The van der Waals surface area contributed by atoms with Crippen LogP contribution >= 0.6 is 0 Å². The second-order valence-electron chi connectivity index (χ2n) is 5.36. The van der Waals surface area contributed by atoms with Gasteiger partial charge in [0.25, 0.3) is 0 Å². The van der Waals surface area contributed by atoms with Crippen LogP contribution in [0.4, 0.5) is 0 Å². The average molecular weight is 277 g/mol. The van der Waals surface area contributed by atoms with Gasteiger partial charge in [-0.3, -0.25) is 9.59 Å². The average Bonchev–Trinajstić information content (AvgIpc) is 2.42. The highest BCUT2D eigenvalue weighted by atomic mass is 16.4. The normalized spacial score (nSPS) is 12.2. The third-order valence-corrected chi connectivity index (χ3v) is 3.41. The maximum absolute atomic E-state index is 12.1. The van der Waals surface area contributed by atoms with E-state index in [9.17, 15) is 9.59 Å². The van der Waals surface area contributed by atoms with E-state index in [0.717, 1.165) is 6.42 Å². The van der Waals surface area contributed by atoms with Crippen molar-refractivity contribution in [2.24, 2.45) is 0 Å². The lowest BCUT2D eigenvalue weighted by molar-refractivity contribution is -0.145. The van der Waals surface area contributed by atoms with Crippen LogP contribution in [0.5, 0.6) is 0 Å². The van der Waals surface area contributed by atoms with E-state index < -0.39 is 5.97 Å². The smallest absolute Gasteiger partial charge is 0.323 e. The minimum absolute atomic E-state index is 0.0920. The van der Waals surface area contributed by atoms with Crippen LogP contribution in [0.3, 0.4) is 0 Å². The standard InChI is InChI=1S/C16H23NO3/c1-12(2)17(11-16(19)20)15(18)10-9-13(3)14-7-5-4-6-8-14/h4-8,12-13H,9-11H2,1-3H3,(H,19,20). The number of hydrogen-bond donors (Lipinski definition) is 1. The van der Waals surface area contributed by atoms with E-state index in [4.69, 9.17) is 5.11 Å². The van der Waals surface area contributed by atoms with Gasteiger partial charge in [0, 0.05) is 12.5 Å². The van der Waals surface area contributed by atoms with Crippen LogP contribution < -0.4 is 0 Å². The van der Waals surface area contributed by atoms with Crippen molar-refractivity contribution in [1.29, 1.82) is 0 Å². The number of carbonyl (C=O) groups is 2. The number of rotatable bonds is 7. The molecule has 0 aromatic heterocycles. The summed E-state index contributed by atoms with van der Waals surface area (Å²) in [6, 6.07) is 9.94. The molecule has 20 heavy (non-hydrogen) atoms. The molecule has 110 valence electrons. The fourth-order valence-electron chi connectivity index (χ4n) is 2.14. The molecule has 0 aliphatic rings. The molecule has 1 amide bonds. The van der Waals surface area contributed by atoms with Crippen molar-refractivity contribution in [3.8, 4) is 0 Å². The molecule has 0 heterocycles. The number of amides is 1. The summed E-state index contributed by atoms with van der Waals surface area (Å²) in [7, 11) is 0. The Balaban J connectivity index is 2.55. The predicted octanol–water partition coefficient (Wildman–Crippen LogP) is 2.89. The first-order chi connectivity index (χ1) is 9.41. The van der Waals surface area contributed by atoms with Crippen molar-refractivity contribution in [3.05, 3.63) is 35.9 Å². The lowest BCUT2D eigenvalue weighted by Gasteiger charge is -2.25. The van der Waals surface area contributed by atoms with Gasteiger partial charge >= 0.3 is 5.97 Å². The van der Waals surface area contributed by atoms with E-state index in [1.165, 1.54) is 10.5 Å². The zero-order valence-electron chi connectivity index (χ0n) is 12.4. The second-order valence-corrected chi connectivity index (χ2v) is 5.36. The van der Waals surface area contributed by atoms with Crippen LogP contribution in [0, 0.1) is 0 Å². The molecule has 4 nitrogen and oxygen atoms in total. The molecular formula is C16H23NO3. The summed E-state index contributed by atoms with van der Waals surface area (Å²) in [6.45, 7) is 5.53. The van der Waals surface area contributed by atoms with Crippen LogP contribution in [0.15, 0.2) is 30.3 Å². The molecule has 1 aromatic carbocycles. The largest absolute Gasteiger partial charge is 0.480 e. The highest BCUT2D eigenvalue weighted by Crippen LogP contribution is 2.20. The Bertz CT molecular complexity index is 442. The highest BCUT2D eigenvalue weighted by molar-refractivity contribution is 5.81. The van der Waals surface area contributed by atoms with Crippen LogP contribution in [0.2, 0.25) is 0 Å². The Morgan fingerprint density at radius 2 is 1.75 bits per heavy atom. The minimum Gasteiger partial charge on any atom is -0.480 e. The number of carbonyl (C=O) groups excluding carboxylic acids is 1. The van der Waals surface area contributed by atoms with Gasteiger partial charge < -0.3 is 10.0 Å². The maximum atomic E-state index is 12.1. The van der Waals surface area contributed by atoms with Gasteiger partial charge in [0.2, 0.25) is 5.91 Å². The monoisotopic (exact) mass is 277 g/mol. The van der Waals surface area contributed by atoms with E-state index >= 15 is 0 Å². The molecule has 1 aromatic rings. The summed E-state index contributed by atoms with van der Waals surface area (Å²) in [5, 5.41) is 8.84. The Morgan fingerprint density at radius 1 is 1.15 bits per heavy atom. The molecule has 1 atom stereocenters. The second kappa shape index (κ2) is 7.68. The molecule has 0 saturated carbocycles. The quantitative estimate of drug-likeness (QED) is 0.833. The van der Waals surface area contributed by atoms with Gasteiger partial charge in [-0.05, 0) is 31.7 Å². The lowest BCUT2D eigenvalue weighted by atomic mass is 9.96. The molecular weight excluding hydrogens is 254 g/mol. The van der Waals surface area contributed by atoms with E-state index in [0.29, 0.717) is 12.3 Å². The summed E-state index contributed by atoms with van der Waals surface area (Å²) in [5.74, 6) is -0.771. The molecule has 0 radical (unpaired) electrons.